The SMILES string of the molecule is CC(C)CCC[C@H](C)CCC1(CC[C@@H](C)CCCC(C)C)c2ccccc2-c2ccccc21. The third kappa shape index (κ3) is 6.74. The van der Waals surface area contributed by atoms with E-state index in [-0.39, 0.29) is 5.41 Å². The molecule has 2 atom stereocenters. The van der Waals surface area contributed by atoms with Gasteiger partial charge < -0.3 is 0 Å². The van der Waals surface area contributed by atoms with Gasteiger partial charge >= 0.3 is 0 Å². The fraction of sp³-hybridized carbons (Fsp3) is 0.636. The highest BCUT2D eigenvalue weighted by Gasteiger charge is 2.42. The summed E-state index contributed by atoms with van der Waals surface area (Å²) in [5.41, 5.74) is 6.40. The van der Waals surface area contributed by atoms with Crippen LogP contribution < -0.4 is 0 Å². The zero-order valence-electron chi connectivity index (χ0n) is 22.5. The van der Waals surface area contributed by atoms with Crippen LogP contribution in [0.2, 0.25) is 0 Å². The van der Waals surface area contributed by atoms with E-state index in [9.17, 15) is 0 Å². The molecular weight excluding hydrogens is 396 g/mol. The van der Waals surface area contributed by atoms with Crippen molar-refractivity contribution in [2.45, 2.75) is 111 Å². The second-order valence-corrected chi connectivity index (χ2v) is 12.1. The van der Waals surface area contributed by atoms with Crippen molar-refractivity contribution in [2.75, 3.05) is 0 Å². The maximum Gasteiger partial charge on any atom is 0.0215 e. The minimum absolute atomic E-state index is 0.200. The second-order valence-electron chi connectivity index (χ2n) is 12.1. The van der Waals surface area contributed by atoms with E-state index in [0.717, 1.165) is 23.7 Å². The molecule has 0 heteroatoms. The number of hydrogen-bond acceptors (Lipinski definition) is 0. The van der Waals surface area contributed by atoms with Crippen LogP contribution in [-0.2, 0) is 5.41 Å². The molecule has 0 spiro atoms. The van der Waals surface area contributed by atoms with Crippen molar-refractivity contribution in [3.05, 3.63) is 59.7 Å². The Morgan fingerprint density at radius 1 is 0.515 bits per heavy atom. The van der Waals surface area contributed by atoms with Gasteiger partial charge in [-0.3, -0.25) is 0 Å². The maximum absolute atomic E-state index is 2.50. The van der Waals surface area contributed by atoms with Crippen molar-refractivity contribution in [2.24, 2.45) is 23.7 Å². The summed E-state index contributed by atoms with van der Waals surface area (Å²) in [6.07, 6.45) is 13.5. The van der Waals surface area contributed by atoms with E-state index in [0.29, 0.717) is 0 Å². The summed E-state index contributed by atoms with van der Waals surface area (Å²) >= 11 is 0. The molecule has 0 nitrogen and oxygen atoms in total. The van der Waals surface area contributed by atoms with Crippen LogP contribution in [0, 0.1) is 23.7 Å². The highest BCUT2D eigenvalue weighted by Crippen LogP contribution is 2.54. The molecule has 0 unspecified atom stereocenters. The molecule has 0 saturated heterocycles. The van der Waals surface area contributed by atoms with Crippen molar-refractivity contribution >= 4 is 0 Å². The maximum atomic E-state index is 2.50. The van der Waals surface area contributed by atoms with Gasteiger partial charge in [-0.25, -0.2) is 0 Å². The summed E-state index contributed by atoms with van der Waals surface area (Å²) in [6.45, 7) is 14.4. The lowest BCUT2D eigenvalue weighted by Gasteiger charge is -2.34. The quantitative estimate of drug-likeness (QED) is 0.271. The average molecular weight is 447 g/mol. The molecule has 0 fully saturated rings. The number of hydrogen-bond donors (Lipinski definition) is 0. The van der Waals surface area contributed by atoms with Crippen LogP contribution in [-0.4, -0.2) is 0 Å². The lowest BCUT2D eigenvalue weighted by molar-refractivity contribution is 0.327. The first-order valence-electron chi connectivity index (χ1n) is 14.0. The van der Waals surface area contributed by atoms with E-state index < -0.39 is 0 Å². The standard InChI is InChI=1S/C33H50/c1-25(2)13-11-15-27(5)21-23-33(24-22-28(6)16-12-14-26(3)4)31-19-9-7-17-29(31)30-18-8-10-20-32(30)33/h7-10,17-20,25-28H,11-16,21-24H2,1-6H3/t27-,28-/m0/s1. The number of rotatable bonds is 14. The van der Waals surface area contributed by atoms with Gasteiger partial charge in [-0.05, 0) is 71.6 Å². The topological polar surface area (TPSA) is 0 Å². The van der Waals surface area contributed by atoms with Crippen molar-refractivity contribution in [3.63, 3.8) is 0 Å². The molecule has 0 bridgehead atoms. The first-order chi connectivity index (χ1) is 15.8. The van der Waals surface area contributed by atoms with Gasteiger partial charge in [0.05, 0.1) is 0 Å². The molecule has 182 valence electrons. The zero-order valence-corrected chi connectivity index (χ0v) is 22.5. The second kappa shape index (κ2) is 12.2. The molecule has 0 radical (unpaired) electrons. The molecule has 0 aliphatic heterocycles. The molecule has 0 aromatic heterocycles. The highest BCUT2D eigenvalue weighted by molar-refractivity contribution is 5.80. The minimum Gasteiger partial charge on any atom is -0.0628 e. The Labute approximate surface area is 205 Å². The van der Waals surface area contributed by atoms with Gasteiger partial charge in [0.2, 0.25) is 0 Å². The van der Waals surface area contributed by atoms with Crippen LogP contribution in [0.4, 0.5) is 0 Å². The fourth-order valence-electron chi connectivity index (χ4n) is 6.10. The summed E-state index contributed by atoms with van der Waals surface area (Å²) in [7, 11) is 0. The predicted molar refractivity (Wildman–Crippen MR) is 147 cm³/mol. The molecule has 2 aromatic rings. The lowest BCUT2D eigenvalue weighted by atomic mass is 9.69. The van der Waals surface area contributed by atoms with E-state index in [1.165, 1.54) is 75.3 Å². The van der Waals surface area contributed by atoms with Crippen molar-refractivity contribution in [1.82, 2.24) is 0 Å². The molecule has 3 rings (SSSR count). The Hall–Kier alpha value is -1.56. The summed E-state index contributed by atoms with van der Waals surface area (Å²) in [5, 5.41) is 0. The molecular formula is C33H50. The summed E-state index contributed by atoms with van der Waals surface area (Å²) in [5.74, 6) is 3.27. The van der Waals surface area contributed by atoms with E-state index in [1.807, 2.05) is 0 Å². The smallest absolute Gasteiger partial charge is 0.0215 e. The van der Waals surface area contributed by atoms with E-state index in [2.05, 4.69) is 90.1 Å². The van der Waals surface area contributed by atoms with Crippen LogP contribution in [0.3, 0.4) is 0 Å². The Bertz CT molecular complexity index is 771. The minimum atomic E-state index is 0.200. The normalized spacial score (nSPS) is 16.1. The van der Waals surface area contributed by atoms with Crippen LogP contribution >= 0.6 is 0 Å². The predicted octanol–water partition coefficient (Wildman–Crippen LogP) is 10.4. The first kappa shape index (κ1) is 26.1. The molecule has 0 N–H and O–H groups in total. The van der Waals surface area contributed by atoms with E-state index in [1.54, 1.807) is 11.1 Å². The summed E-state index contributed by atoms with van der Waals surface area (Å²) in [4.78, 5) is 0. The summed E-state index contributed by atoms with van der Waals surface area (Å²) < 4.78 is 0. The Morgan fingerprint density at radius 3 is 1.30 bits per heavy atom. The van der Waals surface area contributed by atoms with Gasteiger partial charge in [-0.2, -0.15) is 0 Å². The van der Waals surface area contributed by atoms with Gasteiger partial charge in [0.1, 0.15) is 0 Å². The first-order valence-corrected chi connectivity index (χ1v) is 14.0. The van der Waals surface area contributed by atoms with Gasteiger partial charge in [0.15, 0.2) is 0 Å². The van der Waals surface area contributed by atoms with Crippen molar-refractivity contribution in [3.8, 4) is 11.1 Å². The molecule has 0 heterocycles. The van der Waals surface area contributed by atoms with Gasteiger partial charge in [0, 0.05) is 5.41 Å². The Kier molecular flexibility index (Phi) is 9.66. The third-order valence-corrected chi connectivity index (χ3v) is 8.26. The van der Waals surface area contributed by atoms with Crippen molar-refractivity contribution in [1.29, 1.82) is 0 Å². The van der Waals surface area contributed by atoms with Crippen LogP contribution in [0.1, 0.15) is 117 Å². The molecule has 0 saturated carbocycles. The van der Waals surface area contributed by atoms with Gasteiger partial charge in [0.25, 0.3) is 0 Å². The molecule has 33 heavy (non-hydrogen) atoms. The van der Waals surface area contributed by atoms with Crippen LogP contribution in [0.25, 0.3) is 11.1 Å². The Morgan fingerprint density at radius 2 is 0.909 bits per heavy atom. The summed E-state index contributed by atoms with van der Waals surface area (Å²) in [6, 6.07) is 18.6. The average Bonchev–Trinajstić information content (AvgIpc) is 3.06. The van der Waals surface area contributed by atoms with E-state index >= 15 is 0 Å². The largest absolute Gasteiger partial charge is 0.0628 e. The van der Waals surface area contributed by atoms with Gasteiger partial charge in [-0.1, -0.05) is 129 Å². The lowest BCUT2D eigenvalue weighted by Crippen LogP contribution is -2.27. The van der Waals surface area contributed by atoms with Gasteiger partial charge in [-0.15, -0.1) is 0 Å². The Balaban J connectivity index is 1.79. The molecule has 1 aliphatic carbocycles. The van der Waals surface area contributed by atoms with Crippen molar-refractivity contribution < 1.29 is 0 Å². The molecule has 0 amide bonds. The fourth-order valence-corrected chi connectivity index (χ4v) is 6.10. The number of fused-ring (bicyclic) bond motifs is 3. The third-order valence-electron chi connectivity index (χ3n) is 8.26. The van der Waals surface area contributed by atoms with E-state index in [4.69, 9.17) is 0 Å². The number of benzene rings is 2. The zero-order chi connectivity index (χ0) is 23.8. The highest BCUT2D eigenvalue weighted by atomic mass is 14.4. The van der Waals surface area contributed by atoms with Crippen LogP contribution in [0.15, 0.2) is 48.5 Å². The monoisotopic (exact) mass is 446 g/mol. The molecule has 2 aromatic carbocycles. The molecule has 1 aliphatic rings. The van der Waals surface area contributed by atoms with Crippen LogP contribution in [0.5, 0.6) is 0 Å².